The molecule has 2 aromatic rings. The molecule has 1 aliphatic carbocycles. The zero-order valence-electron chi connectivity index (χ0n) is 14.6. The molecule has 0 aromatic heterocycles. The molecular weight excluding hydrogens is 334 g/mol. The van der Waals surface area contributed by atoms with Crippen molar-refractivity contribution in [3.8, 4) is 5.75 Å². The van der Waals surface area contributed by atoms with Crippen molar-refractivity contribution < 1.29 is 9.84 Å². The molecule has 25 heavy (non-hydrogen) atoms. The molecule has 0 amide bonds. The molecule has 1 saturated carbocycles. The first-order valence-electron chi connectivity index (χ1n) is 8.97. The molecule has 1 fully saturated rings. The summed E-state index contributed by atoms with van der Waals surface area (Å²) in [5, 5.41) is 14.6. The molecule has 0 spiro atoms. The number of methoxy groups -OCH3 is 1. The number of hydrogen-bond acceptors (Lipinski definition) is 3. The average Bonchev–Trinajstić information content (AvgIpc) is 2.66. The van der Waals surface area contributed by atoms with Crippen molar-refractivity contribution >= 4 is 11.6 Å². The van der Waals surface area contributed by atoms with Crippen LogP contribution in [0.2, 0.25) is 5.02 Å². The summed E-state index contributed by atoms with van der Waals surface area (Å²) in [5.74, 6) is 1.48. The Hall–Kier alpha value is -1.55. The van der Waals surface area contributed by atoms with E-state index >= 15 is 0 Å². The van der Waals surface area contributed by atoms with Crippen molar-refractivity contribution in [2.24, 2.45) is 0 Å². The number of hydrogen-bond donors (Lipinski definition) is 2. The number of benzene rings is 2. The summed E-state index contributed by atoms with van der Waals surface area (Å²) in [5.41, 5.74) is 2.16. The lowest BCUT2D eigenvalue weighted by molar-refractivity contribution is 0.164. The van der Waals surface area contributed by atoms with Gasteiger partial charge in [-0.1, -0.05) is 48.4 Å². The van der Waals surface area contributed by atoms with Gasteiger partial charge in [-0.25, -0.2) is 0 Å². The van der Waals surface area contributed by atoms with Gasteiger partial charge in [0.15, 0.2) is 0 Å². The molecule has 2 unspecified atom stereocenters. The van der Waals surface area contributed by atoms with Gasteiger partial charge in [-0.2, -0.15) is 0 Å². The maximum absolute atomic E-state index is 10.4. The van der Waals surface area contributed by atoms with Crippen LogP contribution in [0.5, 0.6) is 5.75 Å². The molecule has 0 radical (unpaired) electrons. The highest BCUT2D eigenvalue weighted by Crippen LogP contribution is 2.37. The summed E-state index contributed by atoms with van der Waals surface area (Å²) in [7, 11) is 1.73. The molecule has 0 aliphatic heterocycles. The molecule has 0 saturated heterocycles. The van der Waals surface area contributed by atoms with E-state index in [0.717, 1.165) is 24.2 Å². The highest BCUT2D eigenvalue weighted by atomic mass is 35.5. The van der Waals surface area contributed by atoms with E-state index in [0.29, 0.717) is 23.5 Å². The van der Waals surface area contributed by atoms with Gasteiger partial charge in [0.2, 0.25) is 0 Å². The molecule has 4 heteroatoms. The normalized spacial score (nSPS) is 21.7. The Morgan fingerprint density at radius 2 is 2.04 bits per heavy atom. The Labute approximate surface area is 155 Å². The minimum absolute atomic E-state index is 0.414. The summed E-state index contributed by atoms with van der Waals surface area (Å²) in [6.07, 6.45) is 4.06. The van der Waals surface area contributed by atoms with E-state index in [1.807, 2.05) is 36.4 Å². The SMILES string of the molecule is COc1ccccc1C1CCCC(NC[C@H](O)c2cccc(Cl)c2)C1. The topological polar surface area (TPSA) is 41.5 Å². The van der Waals surface area contributed by atoms with Crippen LogP contribution in [-0.2, 0) is 0 Å². The number of nitrogens with one attached hydrogen (secondary N) is 1. The number of aliphatic hydroxyl groups is 1. The molecule has 1 aliphatic rings. The molecule has 2 N–H and O–H groups in total. The minimum Gasteiger partial charge on any atom is -0.496 e. The van der Waals surface area contributed by atoms with Crippen LogP contribution in [0, 0.1) is 0 Å². The monoisotopic (exact) mass is 359 g/mol. The van der Waals surface area contributed by atoms with Gasteiger partial charge in [0, 0.05) is 17.6 Å². The summed E-state index contributed by atoms with van der Waals surface area (Å²) < 4.78 is 5.53. The van der Waals surface area contributed by atoms with E-state index in [4.69, 9.17) is 16.3 Å². The highest BCUT2D eigenvalue weighted by molar-refractivity contribution is 6.30. The number of ether oxygens (including phenoxy) is 1. The van der Waals surface area contributed by atoms with Crippen LogP contribution >= 0.6 is 11.6 Å². The smallest absolute Gasteiger partial charge is 0.122 e. The lowest BCUT2D eigenvalue weighted by Crippen LogP contribution is -2.36. The Bertz CT molecular complexity index is 691. The number of rotatable bonds is 6. The molecule has 0 heterocycles. The summed E-state index contributed by atoms with van der Waals surface area (Å²) >= 11 is 6.01. The van der Waals surface area contributed by atoms with Crippen LogP contribution in [0.1, 0.15) is 48.8 Å². The van der Waals surface area contributed by atoms with E-state index in [9.17, 15) is 5.11 Å². The molecule has 3 nitrogen and oxygen atoms in total. The van der Waals surface area contributed by atoms with Gasteiger partial charge in [0.1, 0.15) is 5.75 Å². The van der Waals surface area contributed by atoms with Crippen molar-refractivity contribution in [2.75, 3.05) is 13.7 Å². The first-order chi connectivity index (χ1) is 12.2. The third kappa shape index (κ3) is 4.75. The summed E-state index contributed by atoms with van der Waals surface area (Å²) in [6, 6.07) is 16.2. The van der Waals surface area contributed by atoms with Gasteiger partial charge in [-0.3, -0.25) is 0 Å². The average molecular weight is 360 g/mol. The van der Waals surface area contributed by atoms with Crippen LogP contribution in [0.15, 0.2) is 48.5 Å². The van der Waals surface area contributed by atoms with Crippen LogP contribution < -0.4 is 10.1 Å². The van der Waals surface area contributed by atoms with E-state index in [1.165, 1.54) is 18.4 Å². The highest BCUT2D eigenvalue weighted by Gasteiger charge is 2.25. The van der Waals surface area contributed by atoms with Crippen molar-refractivity contribution in [3.63, 3.8) is 0 Å². The van der Waals surface area contributed by atoms with Gasteiger partial charge in [0.25, 0.3) is 0 Å². The molecule has 0 bridgehead atoms. The van der Waals surface area contributed by atoms with Crippen LogP contribution in [0.3, 0.4) is 0 Å². The second-order valence-electron chi connectivity index (χ2n) is 6.78. The summed E-state index contributed by atoms with van der Waals surface area (Å²) in [4.78, 5) is 0. The molecule has 2 aromatic carbocycles. The standard InChI is InChI=1S/C21H26ClNO2/c1-25-21-11-3-2-10-19(21)15-6-5-9-18(13-15)23-14-20(24)16-7-4-8-17(22)12-16/h2-4,7-8,10-12,15,18,20,23-24H,5-6,9,13-14H2,1H3/t15?,18?,20-/m0/s1. The molecule has 134 valence electrons. The first-order valence-corrected chi connectivity index (χ1v) is 9.35. The van der Waals surface area contributed by atoms with Crippen LogP contribution in [-0.4, -0.2) is 24.8 Å². The quantitative estimate of drug-likeness (QED) is 0.785. The maximum atomic E-state index is 10.4. The lowest BCUT2D eigenvalue weighted by atomic mass is 9.81. The fourth-order valence-corrected chi connectivity index (χ4v) is 3.97. The van der Waals surface area contributed by atoms with Crippen molar-refractivity contribution in [2.45, 2.75) is 43.7 Å². The van der Waals surface area contributed by atoms with E-state index in [-0.39, 0.29) is 0 Å². The fourth-order valence-electron chi connectivity index (χ4n) is 3.77. The van der Waals surface area contributed by atoms with E-state index in [1.54, 1.807) is 7.11 Å². The predicted molar refractivity (Wildman–Crippen MR) is 102 cm³/mol. The van der Waals surface area contributed by atoms with Gasteiger partial charge >= 0.3 is 0 Å². The molecule has 3 atom stereocenters. The maximum Gasteiger partial charge on any atom is 0.122 e. The first kappa shape index (κ1) is 18.2. The zero-order valence-corrected chi connectivity index (χ0v) is 15.4. The van der Waals surface area contributed by atoms with Crippen LogP contribution in [0.4, 0.5) is 0 Å². The largest absolute Gasteiger partial charge is 0.496 e. The van der Waals surface area contributed by atoms with Crippen LogP contribution in [0.25, 0.3) is 0 Å². The van der Waals surface area contributed by atoms with Gasteiger partial charge in [-0.05, 0) is 54.5 Å². The number of aliphatic hydroxyl groups excluding tert-OH is 1. The molecular formula is C21H26ClNO2. The molecule has 3 rings (SSSR count). The Balaban J connectivity index is 1.58. The van der Waals surface area contributed by atoms with E-state index < -0.39 is 6.10 Å². The fraction of sp³-hybridized carbons (Fsp3) is 0.429. The van der Waals surface area contributed by atoms with Gasteiger partial charge in [0.05, 0.1) is 13.2 Å². The van der Waals surface area contributed by atoms with Gasteiger partial charge < -0.3 is 15.2 Å². The third-order valence-electron chi connectivity index (χ3n) is 5.09. The number of para-hydroxylation sites is 1. The van der Waals surface area contributed by atoms with Gasteiger partial charge in [-0.15, -0.1) is 0 Å². The van der Waals surface area contributed by atoms with Crippen molar-refractivity contribution in [3.05, 3.63) is 64.7 Å². The van der Waals surface area contributed by atoms with E-state index in [2.05, 4.69) is 17.4 Å². The lowest BCUT2D eigenvalue weighted by Gasteiger charge is -2.31. The zero-order chi connectivity index (χ0) is 17.6. The Kier molecular flexibility index (Phi) is 6.35. The second kappa shape index (κ2) is 8.70. The second-order valence-corrected chi connectivity index (χ2v) is 7.22. The Morgan fingerprint density at radius 1 is 1.20 bits per heavy atom. The summed E-state index contributed by atoms with van der Waals surface area (Å²) in [6.45, 7) is 0.545. The third-order valence-corrected chi connectivity index (χ3v) is 5.32. The minimum atomic E-state index is -0.537. The Morgan fingerprint density at radius 3 is 2.84 bits per heavy atom. The number of halogens is 1. The van der Waals surface area contributed by atoms with Crippen molar-refractivity contribution in [1.82, 2.24) is 5.32 Å². The van der Waals surface area contributed by atoms with Crippen molar-refractivity contribution in [1.29, 1.82) is 0 Å². The predicted octanol–water partition coefficient (Wildman–Crippen LogP) is 4.70.